The molecule has 6 nitrogen and oxygen atoms in total. The van der Waals surface area contributed by atoms with Gasteiger partial charge in [0.15, 0.2) is 5.69 Å². The number of hydrogen-bond donors (Lipinski definition) is 0. The number of nitrogens with zero attached hydrogens (tertiary/aromatic N) is 3. The van der Waals surface area contributed by atoms with E-state index in [2.05, 4.69) is 9.97 Å². The summed E-state index contributed by atoms with van der Waals surface area (Å²) >= 11 is 0. The summed E-state index contributed by atoms with van der Waals surface area (Å²) in [4.78, 5) is 24.0. The number of amides is 1. The minimum absolute atomic E-state index is 0.0342. The van der Waals surface area contributed by atoms with Gasteiger partial charge in [-0.2, -0.15) is 4.98 Å². The summed E-state index contributed by atoms with van der Waals surface area (Å²) in [6, 6.07) is 0. The van der Waals surface area contributed by atoms with Gasteiger partial charge in [-0.3, -0.25) is 4.79 Å². The lowest BCUT2D eigenvalue weighted by molar-refractivity contribution is 0.0704. The molecule has 0 radical (unpaired) electrons. The zero-order valence-corrected chi connectivity index (χ0v) is 13.4. The molecule has 1 saturated heterocycles. The molecule has 124 valence electrons. The second kappa shape index (κ2) is 6.34. The molecule has 1 aromatic heterocycles. The maximum Gasteiger partial charge on any atom is 0.276 e. The van der Waals surface area contributed by atoms with Gasteiger partial charge in [-0.1, -0.05) is 12.8 Å². The smallest absolute Gasteiger partial charge is 0.276 e. The monoisotopic (exact) mass is 317 g/mol. The van der Waals surface area contributed by atoms with Crippen LogP contribution in [0.3, 0.4) is 0 Å². The molecule has 1 aliphatic carbocycles. The number of carbonyl (C=O) groups is 1. The van der Waals surface area contributed by atoms with Crippen molar-refractivity contribution in [1.82, 2.24) is 14.9 Å². The summed E-state index contributed by atoms with van der Waals surface area (Å²) in [7, 11) is 0. The van der Waals surface area contributed by atoms with E-state index in [1.165, 1.54) is 19.3 Å². The first-order valence-corrected chi connectivity index (χ1v) is 8.80. The third kappa shape index (κ3) is 2.86. The lowest BCUT2D eigenvalue weighted by Gasteiger charge is -2.28. The Hall–Kier alpha value is -1.85. The van der Waals surface area contributed by atoms with Crippen molar-refractivity contribution in [2.24, 2.45) is 0 Å². The fourth-order valence-electron chi connectivity index (χ4n) is 3.71. The molecule has 0 spiro atoms. The van der Waals surface area contributed by atoms with Crippen molar-refractivity contribution in [1.29, 1.82) is 0 Å². The number of ether oxygens (including phenoxy) is 2. The van der Waals surface area contributed by atoms with E-state index >= 15 is 0 Å². The average molecular weight is 317 g/mol. The molecule has 0 bridgehead atoms. The van der Waals surface area contributed by atoms with Crippen molar-refractivity contribution in [3.05, 3.63) is 11.5 Å². The fourth-order valence-corrected chi connectivity index (χ4v) is 3.71. The van der Waals surface area contributed by atoms with Gasteiger partial charge >= 0.3 is 0 Å². The first-order valence-electron chi connectivity index (χ1n) is 8.80. The van der Waals surface area contributed by atoms with Crippen LogP contribution in [0.4, 0.5) is 0 Å². The van der Waals surface area contributed by atoms with Crippen LogP contribution in [0, 0.1) is 0 Å². The van der Waals surface area contributed by atoms with Gasteiger partial charge in [-0.25, -0.2) is 4.98 Å². The quantitative estimate of drug-likeness (QED) is 0.838. The third-order valence-electron chi connectivity index (χ3n) is 4.99. The van der Waals surface area contributed by atoms with Crippen LogP contribution >= 0.6 is 0 Å². The molecule has 1 amide bonds. The number of hydrogen-bond acceptors (Lipinski definition) is 5. The van der Waals surface area contributed by atoms with Gasteiger partial charge in [0.05, 0.1) is 0 Å². The molecule has 0 aromatic carbocycles. The molecule has 6 heteroatoms. The Morgan fingerprint density at radius 1 is 0.957 bits per heavy atom. The third-order valence-corrected chi connectivity index (χ3v) is 4.99. The van der Waals surface area contributed by atoms with Crippen LogP contribution in [0.1, 0.15) is 67.2 Å². The molecule has 1 saturated carbocycles. The molecule has 2 aliphatic heterocycles. The maximum atomic E-state index is 12.9. The Bertz CT molecular complexity index is 593. The van der Waals surface area contributed by atoms with Crippen molar-refractivity contribution in [2.75, 3.05) is 26.3 Å². The summed E-state index contributed by atoms with van der Waals surface area (Å²) in [6.07, 6.45) is 7.92. The number of rotatable bonds is 2. The van der Waals surface area contributed by atoms with Crippen LogP contribution in [-0.2, 0) is 0 Å². The number of aromatic nitrogens is 2. The predicted molar refractivity (Wildman–Crippen MR) is 84.0 cm³/mol. The van der Waals surface area contributed by atoms with Crippen LogP contribution in [0.2, 0.25) is 0 Å². The summed E-state index contributed by atoms with van der Waals surface area (Å²) < 4.78 is 11.3. The van der Waals surface area contributed by atoms with E-state index < -0.39 is 0 Å². The Morgan fingerprint density at radius 2 is 1.70 bits per heavy atom. The van der Waals surface area contributed by atoms with Crippen molar-refractivity contribution < 1.29 is 14.3 Å². The van der Waals surface area contributed by atoms with Gasteiger partial charge in [0.1, 0.15) is 19.0 Å². The van der Waals surface area contributed by atoms with Gasteiger partial charge in [-0.05, 0) is 32.1 Å². The SMILES string of the molecule is O=C(c1nc(C2CCCC2)nc2c1OCCO2)N1CCCCC1. The largest absolute Gasteiger partial charge is 0.483 e. The summed E-state index contributed by atoms with van der Waals surface area (Å²) in [5, 5.41) is 0. The molecule has 0 atom stereocenters. The van der Waals surface area contributed by atoms with Crippen LogP contribution < -0.4 is 9.47 Å². The molecule has 3 heterocycles. The van der Waals surface area contributed by atoms with Crippen molar-refractivity contribution in [3.8, 4) is 11.6 Å². The van der Waals surface area contributed by atoms with Gasteiger partial charge < -0.3 is 14.4 Å². The summed E-state index contributed by atoms with van der Waals surface area (Å²) in [5.41, 5.74) is 0.401. The number of likely N-dealkylation sites (tertiary alicyclic amines) is 1. The molecule has 23 heavy (non-hydrogen) atoms. The molecule has 1 aromatic rings. The first-order chi connectivity index (χ1) is 11.3. The Kier molecular flexibility index (Phi) is 4.06. The Labute approximate surface area is 136 Å². The standard InChI is InChI=1S/C17H23N3O3/c21-17(20-8-4-1-5-9-20)13-14-16(23-11-10-22-14)19-15(18-13)12-6-2-3-7-12/h12H,1-11H2. The first kappa shape index (κ1) is 14.7. The van der Waals surface area contributed by atoms with Crippen LogP contribution in [0.15, 0.2) is 0 Å². The molecule has 4 rings (SSSR count). The van der Waals surface area contributed by atoms with E-state index in [0.29, 0.717) is 36.5 Å². The van der Waals surface area contributed by atoms with Gasteiger partial charge in [0.25, 0.3) is 11.8 Å². The number of fused-ring (bicyclic) bond motifs is 1. The minimum atomic E-state index is -0.0342. The summed E-state index contributed by atoms with van der Waals surface area (Å²) in [6.45, 7) is 2.53. The molecular weight excluding hydrogens is 294 g/mol. The lowest BCUT2D eigenvalue weighted by Crippen LogP contribution is -2.37. The van der Waals surface area contributed by atoms with Gasteiger partial charge in [0, 0.05) is 19.0 Å². The van der Waals surface area contributed by atoms with Crippen molar-refractivity contribution in [2.45, 2.75) is 50.9 Å². The summed E-state index contributed by atoms with van der Waals surface area (Å²) in [5.74, 6) is 1.96. The molecule has 0 N–H and O–H groups in total. The van der Waals surface area contributed by atoms with Gasteiger partial charge in [0.2, 0.25) is 5.75 Å². The highest BCUT2D eigenvalue weighted by Crippen LogP contribution is 2.37. The fraction of sp³-hybridized carbons (Fsp3) is 0.706. The van der Waals surface area contributed by atoms with Gasteiger partial charge in [-0.15, -0.1) is 0 Å². The lowest BCUT2D eigenvalue weighted by atomic mass is 10.1. The number of piperidine rings is 1. The van der Waals surface area contributed by atoms with E-state index in [9.17, 15) is 4.79 Å². The molecule has 0 unspecified atom stereocenters. The maximum absolute atomic E-state index is 12.9. The zero-order valence-electron chi connectivity index (χ0n) is 13.4. The second-order valence-corrected chi connectivity index (χ2v) is 6.60. The highest BCUT2D eigenvalue weighted by molar-refractivity contribution is 5.95. The normalized spacial score (nSPS) is 21.5. The highest BCUT2D eigenvalue weighted by Gasteiger charge is 2.31. The van der Waals surface area contributed by atoms with Crippen LogP contribution in [0.25, 0.3) is 0 Å². The van der Waals surface area contributed by atoms with E-state index in [4.69, 9.17) is 9.47 Å². The Morgan fingerprint density at radius 3 is 2.48 bits per heavy atom. The van der Waals surface area contributed by atoms with E-state index in [0.717, 1.165) is 44.6 Å². The van der Waals surface area contributed by atoms with Crippen molar-refractivity contribution >= 4 is 5.91 Å². The van der Waals surface area contributed by atoms with E-state index in [1.807, 2.05) is 4.90 Å². The van der Waals surface area contributed by atoms with E-state index in [-0.39, 0.29) is 5.91 Å². The second-order valence-electron chi connectivity index (χ2n) is 6.60. The highest BCUT2D eigenvalue weighted by atomic mass is 16.6. The van der Waals surface area contributed by atoms with E-state index in [1.54, 1.807) is 0 Å². The minimum Gasteiger partial charge on any atom is -0.483 e. The van der Waals surface area contributed by atoms with Crippen LogP contribution in [0.5, 0.6) is 11.6 Å². The zero-order chi connectivity index (χ0) is 15.6. The predicted octanol–water partition coefficient (Wildman–Crippen LogP) is 2.53. The molecule has 3 aliphatic rings. The average Bonchev–Trinajstić information content (AvgIpc) is 3.15. The van der Waals surface area contributed by atoms with Crippen LogP contribution in [-0.4, -0.2) is 47.1 Å². The Balaban J connectivity index is 1.70. The molecular formula is C17H23N3O3. The topological polar surface area (TPSA) is 64.5 Å². The van der Waals surface area contributed by atoms with Crippen molar-refractivity contribution in [3.63, 3.8) is 0 Å². The number of carbonyl (C=O) groups excluding carboxylic acids is 1. The molecule has 2 fully saturated rings.